The number of amides is 1. The highest BCUT2D eigenvalue weighted by Gasteiger charge is 2.33. The van der Waals surface area contributed by atoms with Crippen LogP contribution in [0.2, 0.25) is 0 Å². The van der Waals surface area contributed by atoms with Gasteiger partial charge < -0.3 is 4.90 Å². The Morgan fingerprint density at radius 3 is 2.61 bits per heavy atom. The van der Waals surface area contributed by atoms with Gasteiger partial charge in [0.15, 0.2) is 0 Å². The van der Waals surface area contributed by atoms with E-state index in [4.69, 9.17) is 0 Å². The highest BCUT2D eigenvalue weighted by molar-refractivity contribution is 7.14. The van der Waals surface area contributed by atoms with Crippen LogP contribution >= 0.6 is 11.3 Å². The summed E-state index contributed by atoms with van der Waals surface area (Å²) in [4.78, 5) is 21.6. The molecule has 1 N–H and O–H groups in total. The first-order valence-corrected chi connectivity index (χ1v) is 10.4. The molecule has 1 saturated heterocycles. The molecule has 0 spiro atoms. The van der Waals surface area contributed by atoms with E-state index in [1.165, 1.54) is 22.9 Å². The number of aromatic nitrogens is 1. The summed E-state index contributed by atoms with van der Waals surface area (Å²) in [6.07, 6.45) is -0.0616. The largest absolute Gasteiger partial charge is 0.419 e. The number of piperazine rings is 1. The lowest BCUT2D eigenvalue weighted by molar-refractivity contribution is -0.367. The molecule has 1 fully saturated rings. The maximum Gasteiger partial charge on any atom is 0.419 e. The number of carbonyl (C=O) groups is 1. The molecular formula is C20H23F3N3OS+. The number of anilines is 1. The lowest BCUT2D eigenvalue weighted by Crippen LogP contribution is -2.50. The van der Waals surface area contributed by atoms with Gasteiger partial charge in [-0.1, -0.05) is 6.92 Å². The Hall–Kier alpha value is -2.09. The quantitative estimate of drug-likeness (QED) is 0.758. The van der Waals surface area contributed by atoms with Crippen molar-refractivity contribution in [3.63, 3.8) is 0 Å². The van der Waals surface area contributed by atoms with Crippen LogP contribution in [0.4, 0.5) is 19.0 Å². The Balaban J connectivity index is 1.38. The van der Waals surface area contributed by atoms with Crippen LogP contribution in [0.1, 0.15) is 39.0 Å². The van der Waals surface area contributed by atoms with Crippen LogP contribution in [0.5, 0.6) is 0 Å². The minimum atomic E-state index is -4.35. The predicted molar refractivity (Wildman–Crippen MR) is 102 cm³/mol. The van der Waals surface area contributed by atoms with E-state index in [0.717, 1.165) is 30.0 Å². The highest BCUT2D eigenvalue weighted by Crippen LogP contribution is 2.33. The fourth-order valence-corrected chi connectivity index (χ4v) is 5.08. The zero-order valence-corrected chi connectivity index (χ0v) is 16.5. The lowest BCUT2D eigenvalue weighted by Gasteiger charge is -2.30. The van der Waals surface area contributed by atoms with Crippen molar-refractivity contribution in [1.82, 2.24) is 4.90 Å². The first-order chi connectivity index (χ1) is 13.3. The van der Waals surface area contributed by atoms with Gasteiger partial charge in [0.05, 0.1) is 23.5 Å². The first kappa shape index (κ1) is 19.2. The van der Waals surface area contributed by atoms with E-state index in [1.807, 2.05) is 9.80 Å². The van der Waals surface area contributed by atoms with Gasteiger partial charge in [-0.2, -0.15) is 13.2 Å². The van der Waals surface area contributed by atoms with Crippen LogP contribution in [0, 0.1) is 5.92 Å². The number of alkyl halides is 3. The second kappa shape index (κ2) is 7.39. The minimum absolute atomic E-state index is 0.0723. The molecule has 4 nitrogen and oxygen atoms in total. The summed E-state index contributed by atoms with van der Waals surface area (Å²) in [5, 5.41) is 0. The van der Waals surface area contributed by atoms with E-state index in [-0.39, 0.29) is 5.91 Å². The van der Waals surface area contributed by atoms with E-state index in [0.29, 0.717) is 37.9 Å². The molecule has 1 aliphatic heterocycles. The number of aromatic amines is 1. The number of fused-ring (bicyclic) bond motifs is 1. The lowest BCUT2D eigenvalue weighted by atomic mass is 9.90. The number of hydrogen-bond acceptors (Lipinski definition) is 3. The van der Waals surface area contributed by atoms with Gasteiger partial charge >= 0.3 is 6.18 Å². The van der Waals surface area contributed by atoms with Gasteiger partial charge in [0.1, 0.15) is 19.3 Å². The second-order valence-corrected chi connectivity index (χ2v) is 8.78. The average molecular weight is 410 g/mol. The van der Waals surface area contributed by atoms with Gasteiger partial charge in [-0.25, -0.2) is 4.98 Å². The summed E-state index contributed by atoms with van der Waals surface area (Å²) in [5.74, 6) is 1.39. The maximum absolute atomic E-state index is 12.9. The molecule has 2 aromatic heterocycles. The fourth-order valence-electron chi connectivity index (χ4n) is 3.91. The fraction of sp³-hybridized carbons (Fsp3) is 0.500. The van der Waals surface area contributed by atoms with Crippen LogP contribution in [0.3, 0.4) is 0 Å². The third-order valence-electron chi connectivity index (χ3n) is 5.57. The number of nitrogens with one attached hydrogen (secondary N) is 1. The van der Waals surface area contributed by atoms with Crippen molar-refractivity contribution in [2.45, 2.75) is 32.4 Å². The molecule has 0 aromatic carbocycles. The first-order valence-electron chi connectivity index (χ1n) is 9.56. The molecular weight excluding hydrogens is 387 g/mol. The van der Waals surface area contributed by atoms with E-state index in [1.54, 1.807) is 11.3 Å². The normalized spacial score (nSPS) is 20.2. The van der Waals surface area contributed by atoms with Crippen molar-refractivity contribution in [2.75, 3.05) is 31.1 Å². The average Bonchev–Trinajstić information content (AvgIpc) is 3.10. The SMILES string of the molecule is C[C@H]1CCc2sc(C(=O)N3CCN(c4ccc(C(F)(F)F)c[nH+]4)CC3)cc2C1. The van der Waals surface area contributed by atoms with Gasteiger partial charge in [0, 0.05) is 10.9 Å². The Labute approximate surface area is 166 Å². The van der Waals surface area contributed by atoms with Crippen molar-refractivity contribution in [2.24, 2.45) is 5.92 Å². The van der Waals surface area contributed by atoms with Gasteiger partial charge in [0.25, 0.3) is 11.7 Å². The molecule has 4 rings (SSSR count). The molecule has 150 valence electrons. The van der Waals surface area contributed by atoms with Gasteiger partial charge in [-0.15, -0.1) is 11.3 Å². The number of nitrogens with zero attached hydrogens (tertiary/aromatic N) is 2. The molecule has 2 aliphatic rings. The van der Waals surface area contributed by atoms with Crippen molar-refractivity contribution < 1.29 is 22.9 Å². The molecule has 0 unspecified atom stereocenters. The highest BCUT2D eigenvalue weighted by atomic mass is 32.1. The summed E-state index contributed by atoms with van der Waals surface area (Å²) < 4.78 is 38.1. The van der Waals surface area contributed by atoms with Crippen LogP contribution in [0.15, 0.2) is 24.4 Å². The number of hydrogen-bond donors (Lipinski definition) is 0. The van der Waals surface area contributed by atoms with E-state index >= 15 is 0 Å². The summed E-state index contributed by atoms with van der Waals surface area (Å²) in [6.45, 7) is 4.56. The van der Waals surface area contributed by atoms with Gasteiger partial charge in [-0.05, 0) is 42.9 Å². The monoisotopic (exact) mass is 410 g/mol. The zero-order chi connectivity index (χ0) is 19.9. The molecule has 0 bridgehead atoms. The van der Waals surface area contributed by atoms with Crippen LogP contribution < -0.4 is 9.88 Å². The van der Waals surface area contributed by atoms with Crippen LogP contribution in [-0.4, -0.2) is 37.0 Å². The summed E-state index contributed by atoms with van der Waals surface area (Å²) >= 11 is 1.62. The maximum atomic E-state index is 12.9. The van der Waals surface area contributed by atoms with Gasteiger partial charge in [0.2, 0.25) is 0 Å². The number of H-pyrrole nitrogens is 1. The Morgan fingerprint density at radius 2 is 1.96 bits per heavy atom. The Morgan fingerprint density at radius 1 is 1.21 bits per heavy atom. The second-order valence-electron chi connectivity index (χ2n) is 7.65. The molecule has 8 heteroatoms. The molecule has 28 heavy (non-hydrogen) atoms. The number of aryl methyl sites for hydroxylation is 1. The van der Waals surface area contributed by atoms with Crippen molar-refractivity contribution in [1.29, 1.82) is 0 Å². The standard InChI is InChI=1S/C20H22F3N3OS/c1-13-2-4-16-14(10-13)11-17(28-16)19(27)26-8-6-25(7-9-26)18-5-3-15(12-24-18)20(21,22)23/h3,5,11-13H,2,4,6-10H2,1H3/p+1/t13-/m0/s1. The molecule has 1 atom stereocenters. The topological polar surface area (TPSA) is 37.7 Å². The number of carbonyl (C=O) groups excluding carboxylic acids is 1. The molecule has 1 amide bonds. The zero-order valence-electron chi connectivity index (χ0n) is 15.7. The smallest absolute Gasteiger partial charge is 0.330 e. The summed E-state index contributed by atoms with van der Waals surface area (Å²) in [7, 11) is 0. The predicted octanol–water partition coefficient (Wildman–Crippen LogP) is 3.67. The molecule has 1 aliphatic carbocycles. The van der Waals surface area contributed by atoms with E-state index < -0.39 is 11.7 Å². The Kier molecular flexibility index (Phi) is 5.07. The summed E-state index contributed by atoms with van der Waals surface area (Å²) in [6, 6.07) is 4.60. The number of rotatable bonds is 2. The third kappa shape index (κ3) is 3.87. The van der Waals surface area contributed by atoms with Crippen molar-refractivity contribution in [3.8, 4) is 0 Å². The molecule has 0 saturated carbocycles. The third-order valence-corrected chi connectivity index (χ3v) is 6.80. The Bertz CT molecular complexity index is 855. The molecule has 0 radical (unpaired) electrons. The van der Waals surface area contributed by atoms with Crippen LogP contribution in [0.25, 0.3) is 0 Å². The molecule has 2 aromatic rings. The van der Waals surface area contributed by atoms with Crippen LogP contribution in [-0.2, 0) is 19.0 Å². The minimum Gasteiger partial charge on any atom is -0.330 e. The summed E-state index contributed by atoms with van der Waals surface area (Å²) in [5.41, 5.74) is 0.631. The number of halogens is 3. The number of pyridine rings is 1. The number of thiophene rings is 1. The van der Waals surface area contributed by atoms with Crippen molar-refractivity contribution >= 4 is 23.1 Å². The van der Waals surface area contributed by atoms with Gasteiger partial charge in [-0.3, -0.25) is 9.69 Å². The van der Waals surface area contributed by atoms with E-state index in [2.05, 4.69) is 18.0 Å². The van der Waals surface area contributed by atoms with Crippen molar-refractivity contribution in [3.05, 3.63) is 45.3 Å². The van der Waals surface area contributed by atoms with E-state index in [9.17, 15) is 18.0 Å². The molecule has 3 heterocycles.